The number of nitriles is 1. The van der Waals surface area contributed by atoms with Gasteiger partial charge in [0.2, 0.25) is 5.88 Å². The van der Waals surface area contributed by atoms with E-state index in [0.29, 0.717) is 12.2 Å². The fraction of sp³-hybridized carbons (Fsp3) is 0.300. The second kappa shape index (κ2) is 7.09. The fourth-order valence-electron chi connectivity index (χ4n) is 3.35. The van der Waals surface area contributed by atoms with Crippen molar-refractivity contribution in [2.24, 2.45) is 11.7 Å². The first-order valence-electron chi connectivity index (χ1n) is 8.52. The Morgan fingerprint density at radius 1 is 1.41 bits per heavy atom. The standard InChI is InChI=1S/C20H19ClFN3O2/c1-10(2)9-25-11(3)7-15-18(20(25)26)16(12(8-23)19(24)27-15)17-13(21)5-4-6-14(17)22/h4-7,10,16H,9,24H2,1-3H3. The summed E-state index contributed by atoms with van der Waals surface area (Å²) in [7, 11) is 0. The summed E-state index contributed by atoms with van der Waals surface area (Å²) in [5.74, 6) is -1.36. The van der Waals surface area contributed by atoms with E-state index in [4.69, 9.17) is 22.1 Å². The third kappa shape index (κ3) is 3.19. The highest BCUT2D eigenvalue weighted by Gasteiger charge is 2.37. The van der Waals surface area contributed by atoms with Gasteiger partial charge in [0.25, 0.3) is 5.56 Å². The lowest BCUT2D eigenvalue weighted by atomic mass is 9.83. The zero-order valence-corrected chi connectivity index (χ0v) is 16.0. The van der Waals surface area contributed by atoms with E-state index in [-0.39, 0.29) is 44.8 Å². The number of halogens is 2. The molecule has 0 bridgehead atoms. The van der Waals surface area contributed by atoms with Gasteiger partial charge in [0.15, 0.2) is 0 Å². The summed E-state index contributed by atoms with van der Waals surface area (Å²) in [6, 6.07) is 7.86. The van der Waals surface area contributed by atoms with Crippen LogP contribution in [0.1, 0.15) is 36.6 Å². The lowest BCUT2D eigenvalue weighted by Gasteiger charge is -2.28. The van der Waals surface area contributed by atoms with Crippen LogP contribution in [-0.2, 0) is 6.54 Å². The molecule has 0 fully saturated rings. The smallest absolute Gasteiger partial charge is 0.258 e. The molecule has 1 aromatic heterocycles. The number of rotatable bonds is 3. The molecule has 2 heterocycles. The summed E-state index contributed by atoms with van der Waals surface area (Å²) >= 11 is 6.24. The highest BCUT2D eigenvalue weighted by molar-refractivity contribution is 6.31. The van der Waals surface area contributed by atoms with Crippen molar-refractivity contribution in [1.29, 1.82) is 5.26 Å². The molecule has 2 N–H and O–H groups in total. The Kier molecular flexibility index (Phi) is 4.99. The zero-order chi connectivity index (χ0) is 19.9. The third-order valence-corrected chi connectivity index (χ3v) is 4.86. The normalized spacial score (nSPS) is 16.1. The summed E-state index contributed by atoms with van der Waals surface area (Å²) in [4.78, 5) is 13.3. The molecular formula is C20H19ClFN3O2. The van der Waals surface area contributed by atoms with Crippen LogP contribution in [0.25, 0.3) is 0 Å². The van der Waals surface area contributed by atoms with Gasteiger partial charge in [-0.05, 0) is 25.0 Å². The lowest BCUT2D eigenvalue weighted by Crippen LogP contribution is -2.34. The van der Waals surface area contributed by atoms with Crippen LogP contribution in [0, 0.1) is 30.0 Å². The molecule has 3 rings (SSSR count). The molecule has 2 aromatic rings. The summed E-state index contributed by atoms with van der Waals surface area (Å²) in [5, 5.41) is 9.73. The first-order valence-corrected chi connectivity index (χ1v) is 8.89. The SMILES string of the molecule is Cc1cc2c(c(=O)n1CC(C)C)C(c1c(F)cccc1Cl)C(C#N)=C(N)O2. The summed E-state index contributed by atoms with van der Waals surface area (Å²) in [5.41, 5.74) is 6.43. The van der Waals surface area contributed by atoms with Crippen LogP contribution in [0.15, 0.2) is 40.5 Å². The van der Waals surface area contributed by atoms with Crippen molar-refractivity contribution >= 4 is 11.6 Å². The van der Waals surface area contributed by atoms with E-state index in [9.17, 15) is 14.4 Å². The number of ether oxygens (including phenoxy) is 1. The van der Waals surface area contributed by atoms with Gasteiger partial charge in [-0.15, -0.1) is 0 Å². The Morgan fingerprint density at radius 3 is 2.70 bits per heavy atom. The molecule has 5 nitrogen and oxygen atoms in total. The molecule has 27 heavy (non-hydrogen) atoms. The minimum atomic E-state index is -1.03. The fourth-order valence-corrected chi connectivity index (χ4v) is 3.63. The number of aromatic nitrogens is 1. The van der Waals surface area contributed by atoms with Crippen LogP contribution in [0.2, 0.25) is 5.02 Å². The Labute approximate surface area is 161 Å². The average molecular weight is 388 g/mol. The van der Waals surface area contributed by atoms with Crippen LogP contribution in [0.3, 0.4) is 0 Å². The molecule has 1 aliphatic rings. The van der Waals surface area contributed by atoms with E-state index in [1.807, 2.05) is 19.9 Å². The van der Waals surface area contributed by atoms with Gasteiger partial charge >= 0.3 is 0 Å². The maximum Gasteiger partial charge on any atom is 0.258 e. The molecule has 1 unspecified atom stereocenters. The summed E-state index contributed by atoms with van der Waals surface area (Å²) in [6.07, 6.45) is 0. The number of benzene rings is 1. The topological polar surface area (TPSA) is 81.0 Å². The predicted octanol–water partition coefficient (Wildman–Crippen LogP) is 3.82. The van der Waals surface area contributed by atoms with Gasteiger partial charge in [-0.2, -0.15) is 5.26 Å². The molecule has 0 spiro atoms. The number of nitrogens with zero attached hydrogens (tertiary/aromatic N) is 2. The van der Waals surface area contributed by atoms with Crippen LogP contribution >= 0.6 is 11.6 Å². The largest absolute Gasteiger partial charge is 0.440 e. The van der Waals surface area contributed by atoms with Gasteiger partial charge in [0.1, 0.15) is 23.2 Å². The van der Waals surface area contributed by atoms with Crippen molar-refractivity contribution in [1.82, 2.24) is 4.57 Å². The molecule has 1 aliphatic heterocycles. The average Bonchev–Trinajstić information content (AvgIpc) is 2.58. The second-order valence-electron chi connectivity index (χ2n) is 6.93. The number of fused-ring (bicyclic) bond motifs is 1. The van der Waals surface area contributed by atoms with Crippen LogP contribution in [0.4, 0.5) is 4.39 Å². The van der Waals surface area contributed by atoms with Crippen LogP contribution < -0.4 is 16.0 Å². The highest BCUT2D eigenvalue weighted by atomic mass is 35.5. The second-order valence-corrected chi connectivity index (χ2v) is 7.34. The zero-order valence-electron chi connectivity index (χ0n) is 15.2. The number of pyridine rings is 1. The molecule has 1 aromatic carbocycles. The molecule has 7 heteroatoms. The van der Waals surface area contributed by atoms with Gasteiger partial charge in [0.05, 0.1) is 11.5 Å². The van der Waals surface area contributed by atoms with E-state index >= 15 is 0 Å². The lowest BCUT2D eigenvalue weighted by molar-refractivity contribution is 0.384. The van der Waals surface area contributed by atoms with Crippen LogP contribution in [0.5, 0.6) is 5.75 Å². The molecule has 0 aliphatic carbocycles. The number of aryl methyl sites for hydroxylation is 1. The predicted molar refractivity (Wildman–Crippen MR) is 101 cm³/mol. The first-order chi connectivity index (χ1) is 12.8. The van der Waals surface area contributed by atoms with Crippen molar-refractivity contribution in [2.75, 3.05) is 0 Å². The van der Waals surface area contributed by atoms with E-state index < -0.39 is 11.7 Å². The van der Waals surface area contributed by atoms with Crippen molar-refractivity contribution < 1.29 is 9.13 Å². The van der Waals surface area contributed by atoms with E-state index in [0.717, 1.165) is 0 Å². The summed E-state index contributed by atoms with van der Waals surface area (Å²) in [6.45, 7) is 6.26. The molecule has 0 radical (unpaired) electrons. The third-order valence-electron chi connectivity index (χ3n) is 4.53. The van der Waals surface area contributed by atoms with Gasteiger partial charge in [0, 0.05) is 28.9 Å². The Balaban J connectivity index is 2.38. The molecule has 140 valence electrons. The maximum absolute atomic E-state index is 14.7. The number of nitrogens with two attached hydrogens (primary N) is 1. The van der Waals surface area contributed by atoms with Crippen molar-refractivity contribution in [3.63, 3.8) is 0 Å². The Bertz CT molecular complexity index is 1030. The van der Waals surface area contributed by atoms with Crippen LogP contribution in [-0.4, -0.2) is 4.57 Å². The van der Waals surface area contributed by atoms with Crippen molar-refractivity contribution in [3.05, 3.63) is 73.7 Å². The first kappa shape index (κ1) is 19.0. The number of allylic oxidation sites excluding steroid dienone is 1. The van der Waals surface area contributed by atoms with Crippen molar-refractivity contribution in [2.45, 2.75) is 33.2 Å². The maximum atomic E-state index is 14.7. The molecule has 0 saturated heterocycles. The van der Waals surface area contributed by atoms with E-state index in [1.54, 1.807) is 17.6 Å². The van der Waals surface area contributed by atoms with E-state index in [2.05, 4.69) is 0 Å². The van der Waals surface area contributed by atoms with Gasteiger partial charge in [-0.3, -0.25) is 4.79 Å². The summed E-state index contributed by atoms with van der Waals surface area (Å²) < 4.78 is 21.8. The Hall–Kier alpha value is -2.78. The molecule has 0 saturated carbocycles. The van der Waals surface area contributed by atoms with Gasteiger partial charge in [-0.1, -0.05) is 31.5 Å². The minimum absolute atomic E-state index is 0.0356. The van der Waals surface area contributed by atoms with Gasteiger partial charge < -0.3 is 15.0 Å². The quantitative estimate of drug-likeness (QED) is 0.867. The highest BCUT2D eigenvalue weighted by Crippen LogP contribution is 2.43. The number of hydrogen-bond acceptors (Lipinski definition) is 4. The van der Waals surface area contributed by atoms with Gasteiger partial charge in [-0.25, -0.2) is 4.39 Å². The Morgan fingerprint density at radius 2 is 2.11 bits per heavy atom. The minimum Gasteiger partial charge on any atom is -0.440 e. The molecule has 0 amide bonds. The number of hydrogen-bond donors (Lipinski definition) is 1. The van der Waals surface area contributed by atoms with E-state index in [1.165, 1.54) is 18.2 Å². The monoisotopic (exact) mass is 387 g/mol. The van der Waals surface area contributed by atoms with Crippen molar-refractivity contribution in [3.8, 4) is 11.8 Å². The molecule has 1 atom stereocenters. The molecular weight excluding hydrogens is 369 g/mol.